The summed E-state index contributed by atoms with van der Waals surface area (Å²) >= 11 is 1.34. The van der Waals surface area contributed by atoms with Crippen LogP contribution in [0, 0.1) is 5.41 Å². The molecule has 1 fully saturated rings. The van der Waals surface area contributed by atoms with E-state index in [2.05, 4.69) is 10.3 Å². The van der Waals surface area contributed by atoms with Crippen molar-refractivity contribution in [1.29, 1.82) is 0 Å². The number of carbonyl (C=O) groups excluding carboxylic acids is 1. The molecule has 1 amide bonds. The quantitative estimate of drug-likeness (QED) is 0.764. The molecule has 3 N–H and O–H groups in total. The minimum atomic E-state index is -0.121. The van der Waals surface area contributed by atoms with E-state index in [4.69, 9.17) is 10.5 Å². The number of aromatic nitrogens is 1. The molecule has 0 bridgehead atoms. The number of hydrogen-bond acceptors (Lipinski definition) is 6. The lowest BCUT2D eigenvalue weighted by Crippen LogP contribution is -2.30. The number of nitrogens with two attached hydrogens (primary N) is 1. The minimum absolute atomic E-state index is 0.121. The summed E-state index contributed by atoms with van der Waals surface area (Å²) < 4.78 is 5.12. The highest BCUT2D eigenvalue weighted by Gasteiger charge is 2.42. The van der Waals surface area contributed by atoms with Crippen molar-refractivity contribution in [2.45, 2.75) is 26.2 Å². The van der Waals surface area contributed by atoms with Crippen LogP contribution in [0.1, 0.15) is 35.9 Å². The van der Waals surface area contributed by atoms with Gasteiger partial charge in [0.15, 0.2) is 5.13 Å². The summed E-state index contributed by atoms with van der Waals surface area (Å²) in [6.07, 6.45) is 3.29. The molecule has 0 saturated heterocycles. The van der Waals surface area contributed by atoms with Gasteiger partial charge in [-0.1, -0.05) is 11.3 Å². The Bertz CT molecular complexity index is 499. The topological polar surface area (TPSA) is 80.5 Å². The molecule has 0 aliphatic heterocycles. The highest BCUT2D eigenvalue weighted by Crippen LogP contribution is 2.48. The first kappa shape index (κ1) is 16.0. The smallest absolute Gasteiger partial charge is 0.265 e. The van der Waals surface area contributed by atoms with Gasteiger partial charge in [-0.2, -0.15) is 0 Å². The van der Waals surface area contributed by atoms with Crippen LogP contribution in [0.15, 0.2) is 0 Å². The number of rotatable bonds is 8. The predicted molar refractivity (Wildman–Crippen MR) is 86.0 cm³/mol. The van der Waals surface area contributed by atoms with E-state index in [9.17, 15) is 4.79 Å². The highest BCUT2D eigenvalue weighted by molar-refractivity contribution is 7.18. The summed E-state index contributed by atoms with van der Waals surface area (Å²) in [6.45, 7) is 4.29. The second-order valence-electron chi connectivity index (χ2n) is 5.65. The van der Waals surface area contributed by atoms with Gasteiger partial charge in [-0.15, -0.1) is 0 Å². The molecule has 1 aromatic heterocycles. The summed E-state index contributed by atoms with van der Waals surface area (Å²) in [5.74, 6) is 0.194. The lowest BCUT2D eigenvalue weighted by Gasteiger charge is -2.15. The number of nitrogen functional groups attached to an aromatic ring is 1. The Kier molecular flexibility index (Phi) is 5.05. The molecule has 6 nitrogen and oxygen atoms in total. The van der Waals surface area contributed by atoms with Crippen LogP contribution in [0.3, 0.4) is 0 Å². The second-order valence-corrected chi connectivity index (χ2v) is 6.63. The van der Waals surface area contributed by atoms with Crippen LogP contribution in [-0.2, 0) is 4.74 Å². The molecule has 1 aliphatic carbocycles. The summed E-state index contributed by atoms with van der Waals surface area (Å²) in [4.78, 5) is 19.0. The summed E-state index contributed by atoms with van der Waals surface area (Å²) in [5, 5.41) is 3.78. The van der Waals surface area contributed by atoms with Gasteiger partial charge < -0.3 is 20.7 Å². The standard InChI is InChI=1S/C14H24N4O2S/c1-4-18(2)13-17-11(15)10(21-13)12(19)16-9-14(5-6-14)7-8-20-3/h4-9,15H2,1-3H3,(H,16,19). The van der Waals surface area contributed by atoms with Crippen molar-refractivity contribution in [1.82, 2.24) is 10.3 Å². The maximum atomic E-state index is 12.3. The molecule has 7 heteroatoms. The van der Waals surface area contributed by atoms with Gasteiger partial charge in [0.05, 0.1) is 0 Å². The molecule has 0 radical (unpaired) electrons. The van der Waals surface area contributed by atoms with Crippen LogP contribution >= 0.6 is 11.3 Å². The van der Waals surface area contributed by atoms with Gasteiger partial charge >= 0.3 is 0 Å². The zero-order valence-electron chi connectivity index (χ0n) is 12.9. The number of nitrogens with one attached hydrogen (secondary N) is 1. The third-order valence-corrected chi connectivity index (χ3v) is 5.25. The van der Waals surface area contributed by atoms with E-state index in [1.165, 1.54) is 11.3 Å². The van der Waals surface area contributed by atoms with E-state index >= 15 is 0 Å². The Morgan fingerprint density at radius 1 is 1.57 bits per heavy atom. The van der Waals surface area contributed by atoms with Gasteiger partial charge in [-0.25, -0.2) is 4.98 Å². The third kappa shape index (κ3) is 3.85. The van der Waals surface area contributed by atoms with Crippen molar-refractivity contribution < 1.29 is 9.53 Å². The molecule has 2 rings (SSSR count). The molecular weight excluding hydrogens is 288 g/mol. The van der Waals surface area contributed by atoms with Gasteiger partial charge in [-0.05, 0) is 31.6 Å². The van der Waals surface area contributed by atoms with Crippen LogP contribution in [0.5, 0.6) is 0 Å². The number of methoxy groups -OCH3 is 1. The van der Waals surface area contributed by atoms with Crippen LogP contribution in [-0.4, -0.2) is 44.7 Å². The van der Waals surface area contributed by atoms with Gasteiger partial charge in [0.25, 0.3) is 5.91 Å². The second kappa shape index (κ2) is 6.62. The lowest BCUT2D eigenvalue weighted by molar-refractivity contribution is 0.0942. The SMILES string of the molecule is CCN(C)c1nc(N)c(C(=O)NCC2(CCOC)CC2)s1. The van der Waals surface area contributed by atoms with Crippen molar-refractivity contribution in [3.8, 4) is 0 Å². The van der Waals surface area contributed by atoms with Crippen molar-refractivity contribution in [3.63, 3.8) is 0 Å². The molecule has 1 aromatic rings. The zero-order chi connectivity index (χ0) is 15.5. The molecule has 0 atom stereocenters. The molecular formula is C14H24N4O2S. The average molecular weight is 312 g/mol. The van der Waals surface area contributed by atoms with Crippen molar-refractivity contribution in [2.24, 2.45) is 5.41 Å². The first-order valence-electron chi connectivity index (χ1n) is 7.26. The van der Waals surface area contributed by atoms with E-state index < -0.39 is 0 Å². The Labute approximate surface area is 129 Å². The molecule has 1 aliphatic rings. The Morgan fingerprint density at radius 2 is 2.29 bits per heavy atom. The fourth-order valence-electron chi connectivity index (χ4n) is 2.14. The van der Waals surface area contributed by atoms with E-state index in [1.54, 1.807) is 7.11 Å². The Balaban J connectivity index is 1.93. The number of hydrogen-bond donors (Lipinski definition) is 2. The van der Waals surface area contributed by atoms with Crippen LogP contribution in [0.2, 0.25) is 0 Å². The molecule has 21 heavy (non-hydrogen) atoms. The van der Waals surface area contributed by atoms with E-state index in [0.717, 1.165) is 37.5 Å². The first-order chi connectivity index (χ1) is 10.0. The molecule has 0 aromatic carbocycles. The first-order valence-corrected chi connectivity index (χ1v) is 8.07. The monoisotopic (exact) mass is 312 g/mol. The molecule has 1 heterocycles. The number of nitrogens with zero attached hydrogens (tertiary/aromatic N) is 2. The van der Waals surface area contributed by atoms with E-state index in [0.29, 0.717) is 17.2 Å². The fourth-order valence-corrected chi connectivity index (χ4v) is 3.07. The van der Waals surface area contributed by atoms with E-state index in [-0.39, 0.29) is 11.3 Å². The summed E-state index contributed by atoms with van der Waals surface area (Å²) in [5.41, 5.74) is 6.09. The number of thiazole rings is 1. The van der Waals surface area contributed by atoms with E-state index in [1.807, 2.05) is 18.9 Å². The average Bonchev–Trinajstić information content (AvgIpc) is 3.16. The van der Waals surface area contributed by atoms with Gasteiger partial charge in [0, 0.05) is 33.9 Å². The fraction of sp³-hybridized carbons (Fsp3) is 0.714. The van der Waals surface area contributed by atoms with Gasteiger partial charge in [0.2, 0.25) is 0 Å². The third-order valence-electron chi connectivity index (χ3n) is 4.07. The maximum absolute atomic E-state index is 12.3. The maximum Gasteiger partial charge on any atom is 0.265 e. The Hall–Kier alpha value is -1.34. The summed E-state index contributed by atoms with van der Waals surface area (Å²) in [6, 6.07) is 0. The summed E-state index contributed by atoms with van der Waals surface area (Å²) in [7, 11) is 3.64. The van der Waals surface area contributed by atoms with Crippen LogP contribution in [0.25, 0.3) is 0 Å². The van der Waals surface area contributed by atoms with Gasteiger partial charge in [-0.3, -0.25) is 4.79 Å². The van der Waals surface area contributed by atoms with Crippen LogP contribution < -0.4 is 16.0 Å². The van der Waals surface area contributed by atoms with Crippen LogP contribution in [0.4, 0.5) is 10.9 Å². The van der Waals surface area contributed by atoms with Crippen molar-refractivity contribution in [3.05, 3.63) is 4.88 Å². The van der Waals surface area contributed by atoms with Crippen molar-refractivity contribution >= 4 is 28.2 Å². The predicted octanol–water partition coefficient (Wildman–Crippen LogP) is 1.73. The molecule has 1 saturated carbocycles. The number of ether oxygens (including phenoxy) is 1. The number of anilines is 2. The number of carbonyl (C=O) groups is 1. The largest absolute Gasteiger partial charge is 0.385 e. The minimum Gasteiger partial charge on any atom is -0.385 e. The molecule has 118 valence electrons. The Morgan fingerprint density at radius 3 is 2.86 bits per heavy atom. The highest BCUT2D eigenvalue weighted by atomic mass is 32.1. The zero-order valence-corrected chi connectivity index (χ0v) is 13.8. The molecule has 0 unspecified atom stereocenters. The molecule has 0 spiro atoms. The van der Waals surface area contributed by atoms with Gasteiger partial charge in [0.1, 0.15) is 10.7 Å². The number of amides is 1. The van der Waals surface area contributed by atoms with Crippen molar-refractivity contribution in [2.75, 3.05) is 44.5 Å². The normalized spacial score (nSPS) is 15.8. The lowest BCUT2D eigenvalue weighted by atomic mass is 10.0.